The lowest BCUT2D eigenvalue weighted by Gasteiger charge is -2.20. The molecule has 1 atom stereocenters. The molecule has 1 amide bonds. The highest BCUT2D eigenvalue weighted by Gasteiger charge is 2.21. The fourth-order valence-electron chi connectivity index (χ4n) is 2.91. The second kappa shape index (κ2) is 7.25. The molecule has 2 rings (SSSR count). The summed E-state index contributed by atoms with van der Waals surface area (Å²) in [5, 5.41) is 7.42. The number of nitrogens with zero attached hydrogens (tertiary/aromatic N) is 4. The molecule has 7 heteroatoms. The molecule has 2 aromatic rings. The maximum atomic E-state index is 12.5. The average Bonchev–Trinajstić information content (AvgIpc) is 3.01. The van der Waals surface area contributed by atoms with Crippen molar-refractivity contribution in [1.29, 1.82) is 0 Å². The Morgan fingerprint density at radius 1 is 1.33 bits per heavy atom. The predicted octanol–water partition coefficient (Wildman–Crippen LogP) is 3.08. The molecule has 6 nitrogen and oxygen atoms in total. The molecule has 0 spiro atoms. The molecular formula is C17H24N4O2S. The first-order valence-electron chi connectivity index (χ1n) is 7.92. The lowest BCUT2D eigenvalue weighted by molar-refractivity contribution is -0.131. The molecule has 0 aliphatic heterocycles. The van der Waals surface area contributed by atoms with Gasteiger partial charge in [0.05, 0.1) is 34.5 Å². The van der Waals surface area contributed by atoms with E-state index in [4.69, 9.17) is 0 Å². The van der Waals surface area contributed by atoms with Crippen molar-refractivity contribution < 1.29 is 9.59 Å². The van der Waals surface area contributed by atoms with E-state index >= 15 is 0 Å². The number of hydrogen-bond donors (Lipinski definition) is 0. The Bertz CT molecular complexity index is 763. The first-order chi connectivity index (χ1) is 11.2. The van der Waals surface area contributed by atoms with Crippen LogP contribution in [0.3, 0.4) is 0 Å². The van der Waals surface area contributed by atoms with Gasteiger partial charge < -0.3 is 4.90 Å². The third-order valence-corrected chi connectivity index (χ3v) is 4.88. The summed E-state index contributed by atoms with van der Waals surface area (Å²) < 4.78 is 1.78. The minimum absolute atomic E-state index is 0.00537. The number of ketones is 1. The molecule has 24 heavy (non-hydrogen) atoms. The van der Waals surface area contributed by atoms with Gasteiger partial charge in [0.2, 0.25) is 5.91 Å². The number of hydrogen-bond acceptors (Lipinski definition) is 5. The maximum absolute atomic E-state index is 12.5. The SMILES string of the molecule is CC(=O)c1c(C)nn([C@H](C)CC(=O)N(C)Cc2csc(C)n2)c1C. The summed E-state index contributed by atoms with van der Waals surface area (Å²) >= 11 is 1.58. The molecule has 0 aliphatic rings. The summed E-state index contributed by atoms with van der Waals surface area (Å²) in [5.74, 6) is 0.0378. The van der Waals surface area contributed by atoms with Crippen LogP contribution in [0.2, 0.25) is 0 Å². The van der Waals surface area contributed by atoms with Crippen molar-refractivity contribution in [2.45, 2.75) is 53.6 Å². The first kappa shape index (κ1) is 18.3. The van der Waals surface area contributed by atoms with E-state index in [0.29, 0.717) is 24.2 Å². The van der Waals surface area contributed by atoms with Crippen molar-refractivity contribution in [3.05, 3.63) is 33.0 Å². The smallest absolute Gasteiger partial charge is 0.224 e. The number of aromatic nitrogens is 3. The number of thiazole rings is 1. The normalized spacial score (nSPS) is 12.2. The molecule has 130 valence electrons. The van der Waals surface area contributed by atoms with E-state index in [1.807, 2.05) is 33.1 Å². The standard InChI is InChI=1S/C17H24N4O2S/c1-10(21-12(3)17(13(4)22)11(2)19-21)7-16(23)20(6)8-15-9-24-14(5)18-15/h9-10H,7-8H2,1-6H3/t10-/m1/s1. The van der Waals surface area contributed by atoms with Gasteiger partial charge in [-0.25, -0.2) is 4.98 Å². The van der Waals surface area contributed by atoms with E-state index < -0.39 is 0 Å². The molecule has 0 bridgehead atoms. The second-order valence-electron chi connectivity index (χ2n) is 6.21. The van der Waals surface area contributed by atoms with Gasteiger partial charge in [-0.3, -0.25) is 14.3 Å². The largest absolute Gasteiger partial charge is 0.340 e. The van der Waals surface area contributed by atoms with E-state index in [-0.39, 0.29) is 17.7 Å². The monoisotopic (exact) mass is 348 g/mol. The highest BCUT2D eigenvalue weighted by atomic mass is 32.1. The minimum Gasteiger partial charge on any atom is -0.340 e. The third kappa shape index (κ3) is 3.90. The van der Waals surface area contributed by atoms with Gasteiger partial charge in [0.15, 0.2) is 5.78 Å². The van der Waals surface area contributed by atoms with Gasteiger partial charge in [0, 0.05) is 24.5 Å². The molecule has 2 aromatic heterocycles. The van der Waals surface area contributed by atoms with E-state index in [1.54, 1.807) is 34.9 Å². The van der Waals surface area contributed by atoms with Crippen molar-refractivity contribution in [3.8, 4) is 0 Å². The molecule has 0 aliphatic carbocycles. The van der Waals surface area contributed by atoms with E-state index in [9.17, 15) is 9.59 Å². The van der Waals surface area contributed by atoms with Crippen molar-refractivity contribution in [3.63, 3.8) is 0 Å². The zero-order valence-electron chi connectivity index (χ0n) is 15.1. The Balaban J connectivity index is 2.06. The molecule has 0 N–H and O–H groups in total. The quantitative estimate of drug-likeness (QED) is 0.752. The van der Waals surface area contributed by atoms with Gasteiger partial charge in [0.1, 0.15) is 0 Å². The second-order valence-corrected chi connectivity index (χ2v) is 7.27. The van der Waals surface area contributed by atoms with Crippen LogP contribution in [0.25, 0.3) is 0 Å². The Hall–Kier alpha value is -2.02. The highest BCUT2D eigenvalue weighted by Crippen LogP contribution is 2.21. The van der Waals surface area contributed by atoms with Gasteiger partial charge >= 0.3 is 0 Å². The summed E-state index contributed by atoms with van der Waals surface area (Å²) in [6, 6.07) is -0.107. The Morgan fingerprint density at radius 3 is 2.50 bits per heavy atom. The van der Waals surface area contributed by atoms with Crippen LogP contribution < -0.4 is 0 Å². The summed E-state index contributed by atoms with van der Waals surface area (Å²) in [7, 11) is 1.78. The van der Waals surface area contributed by atoms with Crippen LogP contribution in [0.15, 0.2) is 5.38 Å². The zero-order chi connectivity index (χ0) is 18.0. The van der Waals surface area contributed by atoms with Gasteiger partial charge in [0.25, 0.3) is 0 Å². The molecule has 2 heterocycles. The van der Waals surface area contributed by atoms with Crippen LogP contribution >= 0.6 is 11.3 Å². The molecule has 0 saturated carbocycles. The lowest BCUT2D eigenvalue weighted by atomic mass is 10.1. The van der Waals surface area contributed by atoms with Crippen molar-refractivity contribution in [2.75, 3.05) is 7.05 Å². The molecule has 0 fully saturated rings. The predicted molar refractivity (Wildman–Crippen MR) is 94.4 cm³/mol. The Morgan fingerprint density at radius 2 is 2.00 bits per heavy atom. The van der Waals surface area contributed by atoms with Crippen molar-refractivity contribution in [2.24, 2.45) is 0 Å². The summed E-state index contributed by atoms with van der Waals surface area (Å²) in [6.07, 6.45) is 0.332. The van der Waals surface area contributed by atoms with Crippen LogP contribution in [0.4, 0.5) is 0 Å². The molecule has 0 radical (unpaired) electrons. The van der Waals surface area contributed by atoms with Crippen molar-refractivity contribution in [1.82, 2.24) is 19.7 Å². The van der Waals surface area contributed by atoms with Crippen LogP contribution in [-0.2, 0) is 11.3 Å². The summed E-state index contributed by atoms with van der Waals surface area (Å²) in [4.78, 5) is 30.3. The average molecular weight is 348 g/mol. The fourth-order valence-corrected chi connectivity index (χ4v) is 3.51. The van der Waals surface area contributed by atoms with E-state index in [0.717, 1.165) is 16.4 Å². The number of rotatable bonds is 6. The minimum atomic E-state index is -0.107. The highest BCUT2D eigenvalue weighted by molar-refractivity contribution is 7.09. The van der Waals surface area contributed by atoms with Crippen LogP contribution in [-0.4, -0.2) is 38.4 Å². The number of aryl methyl sites for hydroxylation is 2. The summed E-state index contributed by atoms with van der Waals surface area (Å²) in [6.45, 7) is 9.65. The fraction of sp³-hybridized carbons (Fsp3) is 0.529. The van der Waals surface area contributed by atoms with Gasteiger partial charge in [-0.05, 0) is 34.6 Å². The molecule has 0 saturated heterocycles. The van der Waals surface area contributed by atoms with E-state index in [2.05, 4.69) is 10.1 Å². The maximum Gasteiger partial charge on any atom is 0.224 e. The van der Waals surface area contributed by atoms with Crippen LogP contribution in [0.5, 0.6) is 0 Å². The molecule has 0 aromatic carbocycles. The van der Waals surface area contributed by atoms with Crippen LogP contribution in [0, 0.1) is 20.8 Å². The molecular weight excluding hydrogens is 324 g/mol. The Kier molecular flexibility index (Phi) is 5.54. The first-order valence-corrected chi connectivity index (χ1v) is 8.80. The number of Topliss-reactive ketones (excluding diaryl/α,β-unsaturated/α-hetero) is 1. The van der Waals surface area contributed by atoms with Gasteiger partial charge in [-0.2, -0.15) is 5.10 Å². The lowest BCUT2D eigenvalue weighted by Crippen LogP contribution is -2.28. The van der Waals surface area contributed by atoms with Gasteiger partial charge in [-0.1, -0.05) is 0 Å². The van der Waals surface area contributed by atoms with Crippen LogP contribution in [0.1, 0.15) is 58.8 Å². The van der Waals surface area contributed by atoms with E-state index in [1.165, 1.54) is 0 Å². The molecule has 0 unspecified atom stereocenters. The zero-order valence-corrected chi connectivity index (χ0v) is 15.9. The topological polar surface area (TPSA) is 68.1 Å². The number of carbonyl (C=O) groups excluding carboxylic acids is 2. The Labute approximate surface area is 146 Å². The summed E-state index contributed by atoms with van der Waals surface area (Å²) in [5.41, 5.74) is 3.09. The number of amides is 1. The van der Waals surface area contributed by atoms with Crippen molar-refractivity contribution >= 4 is 23.0 Å². The number of carbonyl (C=O) groups is 2. The van der Waals surface area contributed by atoms with Gasteiger partial charge in [-0.15, -0.1) is 11.3 Å². The third-order valence-electron chi connectivity index (χ3n) is 4.06.